The summed E-state index contributed by atoms with van der Waals surface area (Å²) in [7, 11) is 0. The molecule has 0 spiro atoms. The summed E-state index contributed by atoms with van der Waals surface area (Å²) in [5, 5.41) is 2.12. The summed E-state index contributed by atoms with van der Waals surface area (Å²) in [4.78, 5) is 15.0. The van der Waals surface area contributed by atoms with Crippen LogP contribution in [0.15, 0.2) is 132 Å². The van der Waals surface area contributed by atoms with E-state index in [1.54, 1.807) is 0 Å². The van der Waals surface area contributed by atoms with Crippen LogP contribution in [0.1, 0.15) is 25.0 Å². The van der Waals surface area contributed by atoms with Gasteiger partial charge < -0.3 is 13.9 Å². The lowest BCUT2D eigenvalue weighted by atomic mass is 9.82. The zero-order valence-electron chi connectivity index (χ0n) is 26.2. The van der Waals surface area contributed by atoms with E-state index in [0.717, 1.165) is 44.2 Å². The lowest BCUT2D eigenvalue weighted by Crippen LogP contribution is -2.15. The van der Waals surface area contributed by atoms with Crippen molar-refractivity contribution < 1.29 is 13.9 Å². The molecular formula is C42H27N3O3. The Morgan fingerprint density at radius 3 is 2.08 bits per heavy atom. The molecule has 6 heteroatoms. The Balaban J connectivity index is 1.15. The van der Waals surface area contributed by atoms with Gasteiger partial charge in [0.2, 0.25) is 0 Å². The topological polar surface area (TPSA) is 70.3 Å². The van der Waals surface area contributed by atoms with Gasteiger partial charge >= 0.3 is 0 Å². The number of para-hydroxylation sites is 2. The van der Waals surface area contributed by atoms with Crippen molar-refractivity contribution in [3.8, 4) is 68.3 Å². The molecule has 0 saturated heterocycles. The predicted molar refractivity (Wildman–Crippen MR) is 188 cm³/mol. The molecule has 48 heavy (non-hydrogen) atoms. The summed E-state index contributed by atoms with van der Waals surface area (Å²) in [5.74, 6) is 4.16. The van der Waals surface area contributed by atoms with Gasteiger partial charge in [0, 0.05) is 32.9 Å². The zero-order chi connectivity index (χ0) is 32.0. The van der Waals surface area contributed by atoms with Crippen LogP contribution in [0.4, 0.5) is 0 Å². The van der Waals surface area contributed by atoms with Crippen molar-refractivity contribution in [2.24, 2.45) is 0 Å². The van der Waals surface area contributed by atoms with Crippen molar-refractivity contribution in [1.82, 2.24) is 15.0 Å². The summed E-state index contributed by atoms with van der Waals surface area (Å²) >= 11 is 0. The smallest absolute Gasteiger partial charge is 0.181 e. The number of benzene rings is 6. The molecule has 0 radical (unpaired) electrons. The molecule has 1 aliphatic heterocycles. The third-order valence-corrected chi connectivity index (χ3v) is 9.61. The van der Waals surface area contributed by atoms with Gasteiger partial charge in [-0.3, -0.25) is 0 Å². The van der Waals surface area contributed by atoms with Crippen molar-refractivity contribution in [3.05, 3.63) is 139 Å². The van der Waals surface area contributed by atoms with Gasteiger partial charge in [-0.2, -0.15) is 0 Å². The van der Waals surface area contributed by atoms with Crippen LogP contribution in [0.25, 0.3) is 67.2 Å². The Morgan fingerprint density at radius 2 is 1.19 bits per heavy atom. The Kier molecular flexibility index (Phi) is 5.53. The minimum Gasteiger partial charge on any atom is -0.456 e. The van der Waals surface area contributed by atoms with Crippen LogP contribution < -0.4 is 9.47 Å². The monoisotopic (exact) mass is 621 g/mol. The summed E-state index contributed by atoms with van der Waals surface area (Å²) in [6.07, 6.45) is 0. The third-order valence-electron chi connectivity index (χ3n) is 9.61. The van der Waals surface area contributed by atoms with Gasteiger partial charge in [-0.25, -0.2) is 15.0 Å². The van der Waals surface area contributed by atoms with E-state index in [4.69, 9.17) is 28.8 Å². The standard InChI is InChI=1S/C42H27N3O3/c1-42(2)30-16-8-6-14-28(30)36-31(42)21-22-34-38(36)48-37-29(15-10-18-33(37)47-34)41-44-39(24-11-4-3-5-12-24)43-40(45-41)25-19-20-27-26-13-7-9-17-32(26)46-35(27)23-25/h3-23H,1-2H3. The third kappa shape index (κ3) is 3.89. The van der Waals surface area contributed by atoms with E-state index in [0.29, 0.717) is 46.0 Å². The van der Waals surface area contributed by atoms with Gasteiger partial charge in [-0.1, -0.05) is 105 Å². The maximum atomic E-state index is 6.90. The van der Waals surface area contributed by atoms with Gasteiger partial charge in [0.1, 0.15) is 11.2 Å². The lowest BCUT2D eigenvalue weighted by molar-refractivity contribution is 0.361. The van der Waals surface area contributed by atoms with Crippen LogP contribution in [-0.4, -0.2) is 15.0 Å². The zero-order valence-corrected chi connectivity index (χ0v) is 26.2. The normalized spacial score (nSPS) is 13.7. The van der Waals surface area contributed by atoms with Crippen LogP contribution in [-0.2, 0) is 5.41 Å². The second kappa shape index (κ2) is 9.86. The number of aromatic nitrogens is 3. The average Bonchev–Trinajstić information content (AvgIpc) is 3.62. The fourth-order valence-electron chi connectivity index (χ4n) is 7.23. The van der Waals surface area contributed by atoms with Crippen molar-refractivity contribution >= 4 is 21.9 Å². The molecule has 2 aromatic heterocycles. The summed E-state index contributed by atoms with van der Waals surface area (Å²) < 4.78 is 19.7. The number of rotatable bonds is 3. The molecule has 228 valence electrons. The first-order chi connectivity index (χ1) is 23.5. The second-order valence-corrected chi connectivity index (χ2v) is 12.8. The molecule has 0 amide bonds. The maximum absolute atomic E-state index is 6.90. The van der Waals surface area contributed by atoms with E-state index in [-0.39, 0.29) is 5.41 Å². The predicted octanol–water partition coefficient (Wildman–Crippen LogP) is 11.0. The largest absolute Gasteiger partial charge is 0.456 e. The van der Waals surface area contributed by atoms with Gasteiger partial charge in [0.25, 0.3) is 0 Å². The Bertz CT molecular complexity index is 2610. The van der Waals surface area contributed by atoms with E-state index in [2.05, 4.69) is 56.3 Å². The van der Waals surface area contributed by atoms with Crippen molar-refractivity contribution in [3.63, 3.8) is 0 Å². The van der Waals surface area contributed by atoms with Crippen molar-refractivity contribution in [2.45, 2.75) is 19.3 Å². The summed E-state index contributed by atoms with van der Waals surface area (Å²) in [5.41, 5.74) is 8.58. The van der Waals surface area contributed by atoms with Crippen LogP contribution in [0.2, 0.25) is 0 Å². The lowest BCUT2D eigenvalue weighted by Gasteiger charge is -2.26. The number of ether oxygens (including phenoxy) is 2. The SMILES string of the molecule is CC1(C)c2ccccc2-c2c1ccc1c2Oc2c(cccc2-c2nc(-c3ccccc3)nc(-c3ccc4c(c3)oc3ccccc34)n2)O1. The highest BCUT2D eigenvalue weighted by atomic mass is 16.6. The Hall–Kier alpha value is -6.27. The molecular weight excluding hydrogens is 594 g/mol. The fourth-order valence-corrected chi connectivity index (χ4v) is 7.23. The highest BCUT2D eigenvalue weighted by molar-refractivity contribution is 6.05. The quantitative estimate of drug-likeness (QED) is 0.195. The van der Waals surface area contributed by atoms with E-state index in [1.165, 1.54) is 11.1 Å². The van der Waals surface area contributed by atoms with Crippen LogP contribution in [0, 0.1) is 0 Å². The van der Waals surface area contributed by atoms with E-state index in [9.17, 15) is 0 Å². The molecule has 0 bridgehead atoms. The first-order valence-electron chi connectivity index (χ1n) is 16.0. The van der Waals surface area contributed by atoms with E-state index < -0.39 is 0 Å². The van der Waals surface area contributed by atoms with E-state index >= 15 is 0 Å². The second-order valence-electron chi connectivity index (χ2n) is 12.8. The van der Waals surface area contributed by atoms with Crippen LogP contribution in [0.3, 0.4) is 0 Å². The minimum atomic E-state index is -0.168. The first kappa shape index (κ1) is 26.9. The van der Waals surface area contributed by atoms with Gasteiger partial charge in [-0.15, -0.1) is 0 Å². The molecule has 1 aliphatic carbocycles. The maximum Gasteiger partial charge on any atom is 0.181 e. The molecule has 3 heterocycles. The molecule has 0 fully saturated rings. The van der Waals surface area contributed by atoms with Crippen LogP contribution in [0.5, 0.6) is 23.0 Å². The molecule has 8 aromatic rings. The Labute approximate surface area is 276 Å². The molecule has 0 N–H and O–H groups in total. The highest BCUT2D eigenvalue weighted by Gasteiger charge is 2.40. The van der Waals surface area contributed by atoms with Gasteiger partial charge in [0.15, 0.2) is 40.5 Å². The number of furan rings is 1. The molecule has 0 saturated carbocycles. The highest BCUT2D eigenvalue weighted by Crippen LogP contribution is 2.59. The fraction of sp³-hybridized carbons (Fsp3) is 0.0714. The molecule has 0 atom stereocenters. The number of hydrogen-bond acceptors (Lipinski definition) is 6. The Morgan fingerprint density at radius 1 is 0.479 bits per heavy atom. The molecule has 2 aliphatic rings. The molecule has 6 nitrogen and oxygen atoms in total. The first-order valence-corrected chi connectivity index (χ1v) is 16.0. The number of nitrogens with zero attached hydrogens (tertiary/aromatic N) is 3. The molecule has 6 aromatic carbocycles. The van der Waals surface area contributed by atoms with Crippen molar-refractivity contribution in [1.29, 1.82) is 0 Å². The van der Waals surface area contributed by atoms with Crippen molar-refractivity contribution in [2.75, 3.05) is 0 Å². The van der Waals surface area contributed by atoms with Crippen LogP contribution >= 0.6 is 0 Å². The molecule has 0 unspecified atom stereocenters. The van der Waals surface area contributed by atoms with E-state index in [1.807, 2.05) is 84.9 Å². The summed E-state index contributed by atoms with van der Waals surface area (Å²) in [6, 6.07) is 42.7. The number of hydrogen-bond donors (Lipinski definition) is 0. The molecule has 10 rings (SSSR count). The average molecular weight is 622 g/mol. The van der Waals surface area contributed by atoms with Gasteiger partial charge in [0.05, 0.1) is 5.56 Å². The number of fused-ring (bicyclic) bond motifs is 9. The summed E-state index contributed by atoms with van der Waals surface area (Å²) in [6.45, 7) is 4.51. The minimum absolute atomic E-state index is 0.168. The van der Waals surface area contributed by atoms with Gasteiger partial charge in [-0.05, 0) is 53.1 Å².